The van der Waals surface area contributed by atoms with Crippen LogP contribution in [-0.2, 0) is 0 Å². The molecule has 1 N–H and O–H groups in total. The van der Waals surface area contributed by atoms with Crippen molar-refractivity contribution in [3.8, 4) is 17.1 Å². The van der Waals surface area contributed by atoms with Gasteiger partial charge in [-0.05, 0) is 51.4 Å². The highest BCUT2D eigenvalue weighted by molar-refractivity contribution is 5.93. The molecular formula is C22H28N6O. The lowest BCUT2D eigenvalue weighted by Crippen LogP contribution is -2.52. The molecule has 29 heavy (non-hydrogen) atoms. The summed E-state index contributed by atoms with van der Waals surface area (Å²) in [6.07, 6.45) is 3.87. The molecule has 1 aromatic carbocycles. The third-order valence-corrected chi connectivity index (χ3v) is 6.24. The van der Waals surface area contributed by atoms with E-state index in [9.17, 15) is 0 Å². The van der Waals surface area contributed by atoms with Gasteiger partial charge in [-0.1, -0.05) is 6.92 Å². The molecule has 1 saturated carbocycles. The molecule has 0 radical (unpaired) electrons. The molecule has 1 atom stereocenters. The molecule has 7 nitrogen and oxygen atoms in total. The molecule has 2 fully saturated rings. The van der Waals surface area contributed by atoms with E-state index in [0.29, 0.717) is 6.04 Å². The molecule has 0 unspecified atom stereocenters. The number of rotatable bonds is 5. The topological polar surface area (TPSA) is 70.2 Å². The van der Waals surface area contributed by atoms with Crippen molar-refractivity contribution in [1.29, 1.82) is 0 Å². The first-order chi connectivity index (χ1) is 14.0. The molecule has 2 aromatic heterocycles. The number of H-pyrrole nitrogens is 1. The molecule has 3 aromatic rings. The molecule has 0 bridgehead atoms. The van der Waals surface area contributed by atoms with E-state index in [4.69, 9.17) is 4.74 Å². The van der Waals surface area contributed by atoms with Crippen molar-refractivity contribution in [3.63, 3.8) is 0 Å². The average molecular weight is 393 g/mol. The summed E-state index contributed by atoms with van der Waals surface area (Å²) in [5, 5.41) is 8.70. The smallest absolute Gasteiger partial charge is 0.132 e. The van der Waals surface area contributed by atoms with Crippen LogP contribution < -0.4 is 9.64 Å². The van der Waals surface area contributed by atoms with Crippen LogP contribution >= 0.6 is 0 Å². The van der Waals surface area contributed by atoms with E-state index < -0.39 is 0 Å². The quantitative estimate of drug-likeness (QED) is 0.717. The Morgan fingerprint density at radius 3 is 2.83 bits per heavy atom. The summed E-state index contributed by atoms with van der Waals surface area (Å²) in [5.74, 6) is 1.85. The van der Waals surface area contributed by atoms with Crippen LogP contribution in [0.25, 0.3) is 22.3 Å². The molecule has 0 spiro atoms. The third-order valence-electron chi connectivity index (χ3n) is 6.24. The van der Waals surface area contributed by atoms with Gasteiger partial charge in [0, 0.05) is 37.1 Å². The lowest BCUT2D eigenvalue weighted by atomic mass is 10.1. The van der Waals surface area contributed by atoms with E-state index in [-0.39, 0.29) is 5.60 Å². The minimum Gasteiger partial charge on any atom is -0.488 e. The van der Waals surface area contributed by atoms with Crippen LogP contribution in [0.4, 0.5) is 5.82 Å². The highest BCUT2D eigenvalue weighted by Crippen LogP contribution is 2.40. The van der Waals surface area contributed by atoms with Crippen molar-refractivity contribution < 1.29 is 4.74 Å². The Labute approximate surface area is 171 Å². The van der Waals surface area contributed by atoms with Crippen LogP contribution in [0, 0.1) is 0 Å². The molecule has 2 aliphatic rings. The zero-order valence-corrected chi connectivity index (χ0v) is 17.4. The highest BCUT2D eigenvalue weighted by atomic mass is 16.5. The Morgan fingerprint density at radius 1 is 1.21 bits per heavy atom. The number of nitrogens with one attached hydrogen (secondary N) is 1. The van der Waals surface area contributed by atoms with Gasteiger partial charge in [-0.25, -0.2) is 9.97 Å². The SMILES string of the molecule is CCN1CCN(c2cc(-c3n[nH]c4ccc(OC5(C)CC5)cc34)ncn2)C[C@@H]1C. The molecule has 1 saturated heterocycles. The minimum atomic E-state index is -0.00299. The molecule has 152 valence electrons. The number of aromatic amines is 1. The zero-order valence-electron chi connectivity index (χ0n) is 17.4. The predicted octanol–water partition coefficient (Wildman–Crippen LogP) is 3.48. The van der Waals surface area contributed by atoms with E-state index in [1.807, 2.05) is 12.1 Å². The number of likely N-dealkylation sites (N-methyl/N-ethyl adjacent to an activating group) is 1. The summed E-state index contributed by atoms with van der Waals surface area (Å²) >= 11 is 0. The Hall–Kier alpha value is -2.67. The van der Waals surface area contributed by atoms with E-state index in [2.05, 4.69) is 62.9 Å². The molecule has 7 heteroatoms. The van der Waals surface area contributed by atoms with E-state index >= 15 is 0 Å². The van der Waals surface area contributed by atoms with Crippen LogP contribution in [0.15, 0.2) is 30.6 Å². The number of hydrogen-bond donors (Lipinski definition) is 1. The van der Waals surface area contributed by atoms with Crippen molar-refractivity contribution >= 4 is 16.7 Å². The second-order valence-corrected chi connectivity index (χ2v) is 8.52. The first kappa shape index (κ1) is 18.4. The van der Waals surface area contributed by atoms with Crippen LogP contribution in [0.2, 0.25) is 0 Å². The lowest BCUT2D eigenvalue weighted by Gasteiger charge is -2.39. The van der Waals surface area contributed by atoms with Crippen LogP contribution in [0.3, 0.4) is 0 Å². The Bertz CT molecular complexity index is 1030. The van der Waals surface area contributed by atoms with Gasteiger partial charge in [-0.3, -0.25) is 10.00 Å². The van der Waals surface area contributed by atoms with Gasteiger partial charge in [0.15, 0.2) is 0 Å². The van der Waals surface area contributed by atoms with Gasteiger partial charge in [-0.15, -0.1) is 0 Å². The average Bonchev–Trinajstić information content (AvgIpc) is 3.30. The molecule has 5 rings (SSSR count). The third kappa shape index (κ3) is 3.55. The van der Waals surface area contributed by atoms with Crippen LogP contribution in [0.5, 0.6) is 5.75 Å². The first-order valence-corrected chi connectivity index (χ1v) is 10.5. The maximum Gasteiger partial charge on any atom is 0.132 e. The molecular weight excluding hydrogens is 364 g/mol. The molecule has 0 amide bonds. The first-order valence-electron chi connectivity index (χ1n) is 10.5. The van der Waals surface area contributed by atoms with E-state index in [1.165, 1.54) is 0 Å². The zero-order chi connectivity index (χ0) is 20.0. The van der Waals surface area contributed by atoms with Gasteiger partial charge < -0.3 is 9.64 Å². The van der Waals surface area contributed by atoms with Crippen molar-refractivity contribution in [1.82, 2.24) is 25.1 Å². The lowest BCUT2D eigenvalue weighted by molar-refractivity contribution is 0.199. The maximum absolute atomic E-state index is 6.15. The summed E-state index contributed by atoms with van der Waals surface area (Å²) < 4.78 is 6.15. The van der Waals surface area contributed by atoms with Gasteiger partial charge in [0.05, 0.1) is 11.2 Å². The van der Waals surface area contributed by atoms with E-state index in [0.717, 1.165) is 72.9 Å². The van der Waals surface area contributed by atoms with Crippen molar-refractivity contribution in [2.24, 2.45) is 0 Å². The summed E-state index contributed by atoms with van der Waals surface area (Å²) in [4.78, 5) is 13.9. The van der Waals surface area contributed by atoms with Crippen LogP contribution in [-0.4, -0.2) is 62.9 Å². The number of hydrogen-bond acceptors (Lipinski definition) is 6. The largest absolute Gasteiger partial charge is 0.488 e. The Balaban J connectivity index is 1.44. The molecule has 1 aliphatic heterocycles. The Morgan fingerprint density at radius 2 is 2.07 bits per heavy atom. The van der Waals surface area contributed by atoms with Gasteiger partial charge in [0.25, 0.3) is 0 Å². The summed E-state index contributed by atoms with van der Waals surface area (Å²) in [6, 6.07) is 8.68. The summed E-state index contributed by atoms with van der Waals surface area (Å²) in [6.45, 7) is 10.8. The normalized spacial score (nSPS) is 21.5. The number of anilines is 1. The number of nitrogens with zero attached hydrogens (tertiary/aromatic N) is 5. The van der Waals surface area contributed by atoms with Gasteiger partial charge >= 0.3 is 0 Å². The molecule has 3 heterocycles. The monoisotopic (exact) mass is 392 g/mol. The minimum absolute atomic E-state index is 0.00299. The Kier molecular flexibility index (Phi) is 4.42. The number of piperazine rings is 1. The highest BCUT2D eigenvalue weighted by Gasteiger charge is 2.40. The summed E-state index contributed by atoms with van der Waals surface area (Å²) in [5.41, 5.74) is 2.66. The number of benzene rings is 1. The fourth-order valence-corrected chi connectivity index (χ4v) is 4.14. The van der Waals surface area contributed by atoms with Crippen molar-refractivity contribution in [2.75, 3.05) is 31.1 Å². The standard InChI is InChI=1S/C22H28N6O/c1-4-27-9-10-28(13-15(27)2)20-12-19(23-14-24-20)21-17-11-16(29-22(3)7-8-22)5-6-18(17)25-26-21/h5-6,11-12,14-15H,4,7-10,13H2,1-3H3,(H,25,26)/t15-/m0/s1. The fraction of sp³-hybridized carbons (Fsp3) is 0.500. The number of aromatic nitrogens is 4. The van der Waals surface area contributed by atoms with Crippen LogP contribution in [0.1, 0.15) is 33.6 Å². The second-order valence-electron chi connectivity index (χ2n) is 8.52. The number of ether oxygens (including phenoxy) is 1. The van der Waals surface area contributed by atoms with E-state index in [1.54, 1.807) is 6.33 Å². The van der Waals surface area contributed by atoms with Gasteiger partial charge in [-0.2, -0.15) is 5.10 Å². The predicted molar refractivity (Wildman–Crippen MR) is 114 cm³/mol. The fourth-order valence-electron chi connectivity index (χ4n) is 4.14. The maximum atomic E-state index is 6.15. The second kappa shape index (κ2) is 6.99. The summed E-state index contributed by atoms with van der Waals surface area (Å²) in [7, 11) is 0. The van der Waals surface area contributed by atoms with Crippen molar-refractivity contribution in [3.05, 3.63) is 30.6 Å². The van der Waals surface area contributed by atoms with Gasteiger partial charge in [0.2, 0.25) is 0 Å². The van der Waals surface area contributed by atoms with Crippen molar-refractivity contribution in [2.45, 2.75) is 45.3 Å². The number of fused-ring (bicyclic) bond motifs is 1. The molecule has 1 aliphatic carbocycles. The van der Waals surface area contributed by atoms with Gasteiger partial charge in [0.1, 0.15) is 29.2 Å².